The zero-order valence-electron chi connectivity index (χ0n) is 17.7. The summed E-state index contributed by atoms with van der Waals surface area (Å²) in [6.45, 7) is 2.21. The molecular weight excluding hydrogens is 376 g/mol. The number of hydrogen-bond donors (Lipinski definition) is 1. The molecule has 1 fully saturated rings. The van der Waals surface area contributed by atoms with Crippen LogP contribution in [0.4, 0.5) is 0 Å². The summed E-state index contributed by atoms with van der Waals surface area (Å²) >= 11 is 0. The van der Waals surface area contributed by atoms with Crippen molar-refractivity contribution in [3.8, 4) is 5.75 Å². The van der Waals surface area contributed by atoms with Gasteiger partial charge in [-0.15, -0.1) is 0 Å². The average molecular weight is 411 g/mol. The molecule has 0 saturated heterocycles. The molecule has 8 heteroatoms. The van der Waals surface area contributed by atoms with Crippen LogP contribution < -0.4 is 4.74 Å². The Morgan fingerprint density at radius 3 is 2.69 bits per heavy atom. The summed E-state index contributed by atoms with van der Waals surface area (Å²) < 4.78 is 21.7. The molecule has 164 valence electrons. The lowest BCUT2D eigenvalue weighted by Crippen LogP contribution is -2.44. The van der Waals surface area contributed by atoms with Gasteiger partial charge in [0.15, 0.2) is 0 Å². The molecule has 0 aliphatic heterocycles. The van der Waals surface area contributed by atoms with Gasteiger partial charge in [0.1, 0.15) is 25.5 Å². The SMILES string of the molecule is COCO[C@H](CCO)N(COC)C(=O)Cc1cc(OC2CCC(C)CC2)ccn1. The number of carbonyl (C=O) groups excluding carboxylic acids is 1. The number of rotatable bonds is 12. The van der Waals surface area contributed by atoms with Crippen LogP contribution in [0.15, 0.2) is 18.3 Å². The van der Waals surface area contributed by atoms with Crippen molar-refractivity contribution in [2.24, 2.45) is 5.92 Å². The van der Waals surface area contributed by atoms with Crippen LogP contribution in [0, 0.1) is 5.92 Å². The number of amides is 1. The van der Waals surface area contributed by atoms with Gasteiger partial charge < -0.3 is 24.1 Å². The molecule has 0 spiro atoms. The first-order chi connectivity index (χ1) is 14.1. The monoisotopic (exact) mass is 410 g/mol. The quantitative estimate of drug-likeness (QED) is 0.529. The molecule has 0 unspecified atom stereocenters. The van der Waals surface area contributed by atoms with Gasteiger partial charge in [-0.1, -0.05) is 6.92 Å². The number of methoxy groups -OCH3 is 2. The molecule has 1 amide bonds. The first-order valence-corrected chi connectivity index (χ1v) is 10.2. The highest BCUT2D eigenvalue weighted by molar-refractivity contribution is 5.78. The van der Waals surface area contributed by atoms with Gasteiger partial charge in [-0.25, -0.2) is 0 Å². The molecule has 0 aromatic carbocycles. The topological polar surface area (TPSA) is 90.3 Å². The molecule has 0 radical (unpaired) electrons. The number of nitrogens with zero attached hydrogens (tertiary/aromatic N) is 2. The Kier molecular flexibility index (Phi) is 10.3. The summed E-state index contributed by atoms with van der Waals surface area (Å²) in [5, 5.41) is 9.30. The van der Waals surface area contributed by atoms with Crippen LogP contribution in [0.5, 0.6) is 5.75 Å². The van der Waals surface area contributed by atoms with E-state index in [0.717, 1.165) is 24.5 Å². The standard InChI is InChI=1S/C21H34N2O6/c1-16-4-6-18(7-5-16)29-19-8-10-22-17(12-19)13-20(25)23(14-26-2)21(9-11-24)28-15-27-3/h8,10,12,16,18,21,24H,4-7,9,11,13-15H2,1-3H3/t16?,18?,21-/m1/s1. The first-order valence-electron chi connectivity index (χ1n) is 10.2. The number of ether oxygens (including phenoxy) is 4. The Bertz CT molecular complexity index is 607. The fraction of sp³-hybridized carbons (Fsp3) is 0.714. The predicted octanol–water partition coefficient (Wildman–Crippen LogP) is 2.34. The normalized spacial score (nSPS) is 20.3. The summed E-state index contributed by atoms with van der Waals surface area (Å²) in [5.41, 5.74) is 0.618. The Hall–Kier alpha value is -1.74. The van der Waals surface area contributed by atoms with Crippen molar-refractivity contribution in [1.29, 1.82) is 0 Å². The van der Waals surface area contributed by atoms with Gasteiger partial charge in [0.05, 0.1) is 18.2 Å². The minimum Gasteiger partial charge on any atom is -0.490 e. The predicted molar refractivity (Wildman–Crippen MR) is 107 cm³/mol. The highest BCUT2D eigenvalue weighted by atomic mass is 16.7. The molecule has 0 bridgehead atoms. The second-order valence-corrected chi connectivity index (χ2v) is 7.48. The van der Waals surface area contributed by atoms with E-state index in [1.54, 1.807) is 6.20 Å². The minimum atomic E-state index is -0.643. The molecule has 2 rings (SSSR count). The summed E-state index contributed by atoms with van der Waals surface area (Å²) in [6, 6.07) is 3.65. The fourth-order valence-corrected chi connectivity index (χ4v) is 3.46. The second kappa shape index (κ2) is 12.7. The summed E-state index contributed by atoms with van der Waals surface area (Å²) in [4.78, 5) is 18.6. The molecule has 1 N–H and O–H groups in total. The van der Waals surface area contributed by atoms with Gasteiger partial charge >= 0.3 is 0 Å². The Labute approximate surface area is 173 Å². The lowest BCUT2D eigenvalue weighted by Gasteiger charge is -2.30. The number of pyridine rings is 1. The molecule has 1 aromatic rings. The molecule has 1 aliphatic carbocycles. The Morgan fingerprint density at radius 2 is 2.03 bits per heavy atom. The van der Waals surface area contributed by atoms with Crippen molar-refractivity contribution in [1.82, 2.24) is 9.88 Å². The number of hydrogen-bond acceptors (Lipinski definition) is 7. The van der Waals surface area contributed by atoms with Crippen LogP contribution in [0.3, 0.4) is 0 Å². The Morgan fingerprint density at radius 1 is 1.28 bits per heavy atom. The molecule has 8 nitrogen and oxygen atoms in total. The van der Waals surface area contributed by atoms with Crippen LogP contribution >= 0.6 is 0 Å². The highest BCUT2D eigenvalue weighted by Crippen LogP contribution is 2.27. The maximum absolute atomic E-state index is 12.9. The third-order valence-corrected chi connectivity index (χ3v) is 5.08. The van der Waals surface area contributed by atoms with E-state index in [2.05, 4.69) is 11.9 Å². The highest BCUT2D eigenvalue weighted by Gasteiger charge is 2.25. The van der Waals surface area contributed by atoms with Crippen molar-refractivity contribution in [3.05, 3.63) is 24.0 Å². The zero-order chi connectivity index (χ0) is 21.1. The van der Waals surface area contributed by atoms with E-state index in [1.165, 1.54) is 32.0 Å². The van der Waals surface area contributed by atoms with Crippen LogP contribution in [0.25, 0.3) is 0 Å². The van der Waals surface area contributed by atoms with E-state index in [4.69, 9.17) is 18.9 Å². The maximum atomic E-state index is 12.9. The third kappa shape index (κ3) is 7.89. The molecule has 1 heterocycles. The Balaban J connectivity index is 2.00. The number of aliphatic hydroxyl groups excluding tert-OH is 1. The van der Waals surface area contributed by atoms with E-state index in [0.29, 0.717) is 5.69 Å². The molecule has 1 aliphatic rings. The molecular formula is C21H34N2O6. The van der Waals surface area contributed by atoms with Crippen LogP contribution in [-0.4, -0.2) is 67.6 Å². The second-order valence-electron chi connectivity index (χ2n) is 7.48. The van der Waals surface area contributed by atoms with Gasteiger partial charge in [-0.05, 0) is 37.7 Å². The molecule has 1 aromatic heterocycles. The van der Waals surface area contributed by atoms with Crippen molar-refractivity contribution in [2.45, 2.75) is 57.8 Å². The van der Waals surface area contributed by atoms with Crippen molar-refractivity contribution < 1.29 is 28.8 Å². The maximum Gasteiger partial charge on any atom is 0.232 e. The van der Waals surface area contributed by atoms with Crippen molar-refractivity contribution >= 4 is 5.91 Å². The molecule has 1 atom stereocenters. The van der Waals surface area contributed by atoms with Crippen molar-refractivity contribution in [3.63, 3.8) is 0 Å². The van der Waals surface area contributed by atoms with E-state index in [-0.39, 0.29) is 45.0 Å². The molecule has 1 saturated carbocycles. The lowest BCUT2D eigenvalue weighted by atomic mass is 9.89. The van der Waals surface area contributed by atoms with E-state index >= 15 is 0 Å². The van der Waals surface area contributed by atoms with Crippen LogP contribution in [0.1, 0.15) is 44.7 Å². The lowest BCUT2D eigenvalue weighted by molar-refractivity contribution is -0.175. The van der Waals surface area contributed by atoms with Gasteiger partial charge in [0.2, 0.25) is 5.91 Å². The first kappa shape index (κ1) is 23.5. The largest absolute Gasteiger partial charge is 0.490 e. The van der Waals surface area contributed by atoms with E-state index in [1.807, 2.05) is 12.1 Å². The summed E-state index contributed by atoms with van der Waals surface area (Å²) in [7, 11) is 3.01. The van der Waals surface area contributed by atoms with Crippen LogP contribution in [-0.2, 0) is 25.4 Å². The van der Waals surface area contributed by atoms with Gasteiger partial charge in [0.25, 0.3) is 0 Å². The average Bonchev–Trinajstić information content (AvgIpc) is 2.71. The van der Waals surface area contributed by atoms with Crippen LogP contribution in [0.2, 0.25) is 0 Å². The zero-order valence-corrected chi connectivity index (χ0v) is 17.7. The number of aliphatic hydroxyl groups is 1. The van der Waals surface area contributed by atoms with E-state index in [9.17, 15) is 9.90 Å². The molecule has 29 heavy (non-hydrogen) atoms. The summed E-state index contributed by atoms with van der Waals surface area (Å²) in [6.07, 6.45) is 6.06. The van der Waals surface area contributed by atoms with Gasteiger partial charge in [0, 0.05) is 39.5 Å². The summed E-state index contributed by atoms with van der Waals surface area (Å²) in [5.74, 6) is 1.29. The number of carbonyl (C=O) groups is 1. The van der Waals surface area contributed by atoms with Gasteiger partial charge in [-0.2, -0.15) is 0 Å². The van der Waals surface area contributed by atoms with Crippen molar-refractivity contribution in [2.75, 3.05) is 34.4 Å². The fourth-order valence-electron chi connectivity index (χ4n) is 3.46. The smallest absolute Gasteiger partial charge is 0.232 e. The van der Waals surface area contributed by atoms with E-state index < -0.39 is 6.23 Å². The number of aromatic nitrogens is 1. The third-order valence-electron chi connectivity index (χ3n) is 5.08. The minimum absolute atomic E-state index is 0.0136. The van der Waals surface area contributed by atoms with Gasteiger partial charge in [-0.3, -0.25) is 14.7 Å².